The smallest absolute Gasteiger partial charge is 0.249 e. The molecule has 0 bridgehead atoms. The van der Waals surface area contributed by atoms with Crippen LogP contribution in [0, 0.1) is 18.8 Å². The van der Waals surface area contributed by atoms with Gasteiger partial charge in [0.1, 0.15) is 6.73 Å². The molecule has 0 aliphatic heterocycles. The van der Waals surface area contributed by atoms with Gasteiger partial charge < -0.3 is 15.4 Å². The highest BCUT2D eigenvalue weighted by Crippen LogP contribution is 2.42. The molecule has 1 saturated carbocycles. The first-order valence-electron chi connectivity index (χ1n) is 10.7. The lowest BCUT2D eigenvalue weighted by atomic mass is 9.81. The van der Waals surface area contributed by atoms with Gasteiger partial charge in [-0.05, 0) is 43.2 Å². The van der Waals surface area contributed by atoms with Gasteiger partial charge in [0.05, 0.1) is 23.7 Å². The maximum absolute atomic E-state index is 13.5. The van der Waals surface area contributed by atoms with E-state index in [9.17, 15) is 18.0 Å². The van der Waals surface area contributed by atoms with E-state index in [2.05, 4.69) is 30.9 Å². The molecule has 1 unspecified atom stereocenters. The summed E-state index contributed by atoms with van der Waals surface area (Å²) in [4.78, 5) is 20.0. The Kier molecular flexibility index (Phi) is 6.51. The Bertz CT molecular complexity index is 1180. The lowest BCUT2D eigenvalue weighted by Gasteiger charge is -2.33. The van der Waals surface area contributed by atoms with Gasteiger partial charge in [0.2, 0.25) is 17.8 Å². The van der Waals surface area contributed by atoms with Gasteiger partial charge >= 0.3 is 0 Å². The van der Waals surface area contributed by atoms with Gasteiger partial charge in [-0.2, -0.15) is 4.39 Å². The maximum Gasteiger partial charge on any atom is 0.249 e. The standard InChI is InChI=1S/C22H24F3N7O2/c1-12-9-27-18(23)6-16(12)13(2)34-11-28-20-19(30-31-32(20)3)17-5-4-15(10-26-17)29-21(33)14-7-22(24,25)8-14/h4-6,9-10,13-14,28H,7-8,11H2,1-3H3,(H,29,33). The predicted molar refractivity (Wildman–Crippen MR) is 117 cm³/mol. The van der Waals surface area contributed by atoms with Gasteiger partial charge in [0.25, 0.3) is 0 Å². The third-order valence-corrected chi connectivity index (χ3v) is 5.68. The fourth-order valence-corrected chi connectivity index (χ4v) is 3.70. The van der Waals surface area contributed by atoms with E-state index in [0.29, 0.717) is 28.5 Å². The molecule has 2 N–H and O–H groups in total. The van der Waals surface area contributed by atoms with Crippen LogP contribution in [0.4, 0.5) is 24.7 Å². The van der Waals surface area contributed by atoms with Crippen LogP contribution < -0.4 is 10.6 Å². The Morgan fingerprint density at radius 3 is 2.74 bits per heavy atom. The van der Waals surface area contributed by atoms with Crippen molar-refractivity contribution in [3.8, 4) is 11.4 Å². The molecular weight excluding hydrogens is 451 g/mol. The average Bonchev–Trinajstić information content (AvgIpc) is 3.14. The van der Waals surface area contributed by atoms with Gasteiger partial charge in [0.15, 0.2) is 11.5 Å². The Balaban J connectivity index is 1.37. The number of ether oxygens (including phenoxy) is 1. The number of aromatic nitrogens is 5. The Labute approximate surface area is 193 Å². The molecule has 1 fully saturated rings. The second kappa shape index (κ2) is 9.37. The largest absolute Gasteiger partial charge is 0.354 e. The van der Waals surface area contributed by atoms with Crippen LogP contribution in [0.2, 0.25) is 0 Å². The van der Waals surface area contributed by atoms with Gasteiger partial charge in [-0.1, -0.05) is 5.21 Å². The second-order valence-electron chi connectivity index (χ2n) is 8.29. The zero-order valence-corrected chi connectivity index (χ0v) is 18.8. The summed E-state index contributed by atoms with van der Waals surface area (Å²) in [5, 5.41) is 13.9. The number of aryl methyl sites for hydroxylation is 2. The third kappa shape index (κ3) is 5.16. The zero-order chi connectivity index (χ0) is 24.5. The molecule has 1 atom stereocenters. The molecule has 0 saturated heterocycles. The summed E-state index contributed by atoms with van der Waals surface area (Å²) in [5.74, 6) is -3.92. The number of alkyl halides is 2. The fraction of sp³-hybridized carbons (Fsp3) is 0.409. The molecule has 0 radical (unpaired) electrons. The molecule has 1 aliphatic rings. The number of carbonyl (C=O) groups excluding carboxylic acids is 1. The Morgan fingerprint density at radius 2 is 2.06 bits per heavy atom. The molecule has 3 aromatic rings. The van der Waals surface area contributed by atoms with Gasteiger partial charge in [-0.25, -0.2) is 18.4 Å². The summed E-state index contributed by atoms with van der Waals surface area (Å²) in [5.41, 5.74) is 2.87. The molecule has 180 valence electrons. The summed E-state index contributed by atoms with van der Waals surface area (Å²) in [7, 11) is 1.70. The number of hydrogen-bond donors (Lipinski definition) is 2. The van der Waals surface area contributed by atoms with Crippen LogP contribution in [-0.2, 0) is 16.6 Å². The highest BCUT2D eigenvalue weighted by Gasteiger charge is 2.48. The predicted octanol–water partition coefficient (Wildman–Crippen LogP) is 3.85. The van der Waals surface area contributed by atoms with Crippen LogP contribution in [0.3, 0.4) is 0 Å². The van der Waals surface area contributed by atoms with E-state index >= 15 is 0 Å². The maximum atomic E-state index is 13.5. The highest BCUT2D eigenvalue weighted by atomic mass is 19.3. The molecule has 34 heavy (non-hydrogen) atoms. The van der Waals surface area contributed by atoms with Crippen molar-refractivity contribution in [2.45, 2.75) is 38.7 Å². The van der Waals surface area contributed by atoms with E-state index in [1.165, 1.54) is 23.1 Å². The summed E-state index contributed by atoms with van der Waals surface area (Å²) in [6, 6.07) is 4.61. The van der Waals surface area contributed by atoms with Crippen molar-refractivity contribution in [3.63, 3.8) is 0 Å². The second-order valence-corrected chi connectivity index (χ2v) is 8.29. The lowest BCUT2D eigenvalue weighted by Crippen LogP contribution is -2.42. The van der Waals surface area contributed by atoms with Crippen LogP contribution in [-0.4, -0.2) is 43.5 Å². The van der Waals surface area contributed by atoms with Crippen LogP contribution in [0.5, 0.6) is 0 Å². The minimum Gasteiger partial charge on any atom is -0.354 e. The number of hydrogen-bond acceptors (Lipinski definition) is 7. The lowest BCUT2D eigenvalue weighted by molar-refractivity contribution is -0.145. The molecule has 1 aliphatic carbocycles. The van der Waals surface area contributed by atoms with Crippen LogP contribution in [0.1, 0.15) is 37.0 Å². The number of pyridine rings is 2. The van der Waals surface area contributed by atoms with E-state index in [1.54, 1.807) is 19.2 Å². The van der Waals surface area contributed by atoms with E-state index in [0.717, 1.165) is 5.56 Å². The van der Waals surface area contributed by atoms with E-state index in [1.807, 2.05) is 13.8 Å². The molecule has 0 aromatic carbocycles. The van der Waals surface area contributed by atoms with Crippen molar-refractivity contribution in [1.82, 2.24) is 25.0 Å². The number of halogens is 3. The molecule has 1 amide bonds. The average molecular weight is 475 g/mol. The number of nitrogens with zero attached hydrogens (tertiary/aromatic N) is 5. The van der Waals surface area contributed by atoms with Crippen LogP contribution in [0.15, 0.2) is 30.6 Å². The van der Waals surface area contributed by atoms with Crippen molar-refractivity contribution in [2.24, 2.45) is 13.0 Å². The quantitative estimate of drug-likeness (QED) is 0.376. The van der Waals surface area contributed by atoms with E-state index in [-0.39, 0.29) is 12.8 Å². The number of amides is 1. The number of nitrogens with one attached hydrogen (secondary N) is 2. The van der Waals surface area contributed by atoms with E-state index < -0.39 is 36.5 Å². The minimum atomic E-state index is -2.76. The molecule has 3 aromatic heterocycles. The van der Waals surface area contributed by atoms with Crippen molar-refractivity contribution < 1.29 is 22.7 Å². The summed E-state index contributed by atoms with van der Waals surface area (Å²) in [6.07, 6.45) is 1.64. The first-order chi connectivity index (χ1) is 16.1. The van der Waals surface area contributed by atoms with E-state index in [4.69, 9.17) is 4.74 Å². The van der Waals surface area contributed by atoms with Crippen LogP contribution >= 0.6 is 0 Å². The molecule has 4 rings (SSSR count). The molecule has 9 nitrogen and oxygen atoms in total. The Hall–Kier alpha value is -3.54. The van der Waals surface area contributed by atoms with Crippen LogP contribution in [0.25, 0.3) is 11.4 Å². The number of rotatable bonds is 8. The first-order valence-corrected chi connectivity index (χ1v) is 10.7. The summed E-state index contributed by atoms with van der Waals surface area (Å²) in [6.45, 7) is 3.74. The summed E-state index contributed by atoms with van der Waals surface area (Å²) >= 11 is 0. The molecule has 12 heteroatoms. The van der Waals surface area contributed by atoms with Crippen molar-refractivity contribution >= 4 is 17.4 Å². The number of anilines is 2. The topological polar surface area (TPSA) is 107 Å². The Morgan fingerprint density at radius 1 is 1.29 bits per heavy atom. The van der Waals surface area contributed by atoms with Gasteiger partial charge in [0, 0.05) is 32.0 Å². The molecule has 0 spiro atoms. The van der Waals surface area contributed by atoms with Crippen molar-refractivity contribution in [1.29, 1.82) is 0 Å². The van der Waals surface area contributed by atoms with Gasteiger partial charge in [-0.15, -0.1) is 5.10 Å². The molecular formula is C22H24F3N7O2. The first kappa shape index (κ1) is 23.6. The van der Waals surface area contributed by atoms with Crippen molar-refractivity contribution in [2.75, 3.05) is 17.4 Å². The minimum absolute atomic E-state index is 0.0962. The van der Waals surface area contributed by atoms with Gasteiger partial charge in [-0.3, -0.25) is 9.78 Å². The number of carbonyl (C=O) groups is 1. The normalized spacial score (nSPS) is 16.1. The van der Waals surface area contributed by atoms with Crippen molar-refractivity contribution in [3.05, 3.63) is 47.7 Å². The monoisotopic (exact) mass is 475 g/mol. The third-order valence-electron chi connectivity index (χ3n) is 5.68. The molecule has 3 heterocycles. The summed E-state index contributed by atoms with van der Waals surface area (Å²) < 4.78 is 46.8. The fourth-order valence-electron chi connectivity index (χ4n) is 3.70. The zero-order valence-electron chi connectivity index (χ0n) is 18.8. The SMILES string of the molecule is Cc1cnc(F)cc1C(C)OCNc1c(-c2ccc(NC(=O)C3CC(F)(F)C3)cn2)nnn1C. The highest BCUT2D eigenvalue weighted by molar-refractivity contribution is 5.93.